The van der Waals surface area contributed by atoms with Crippen molar-refractivity contribution in [2.45, 2.75) is 32.1 Å². The molecule has 2 N–H and O–H groups in total. The molecule has 0 aliphatic carbocycles. The third kappa shape index (κ3) is 5.69. The van der Waals surface area contributed by atoms with Gasteiger partial charge in [0, 0.05) is 17.8 Å². The van der Waals surface area contributed by atoms with Crippen LogP contribution in [0.4, 0.5) is 5.69 Å². The van der Waals surface area contributed by atoms with E-state index in [1.807, 2.05) is 39.0 Å². The van der Waals surface area contributed by atoms with Crippen LogP contribution in [0.25, 0.3) is 0 Å². The van der Waals surface area contributed by atoms with E-state index in [9.17, 15) is 13.2 Å². The first-order valence-corrected chi connectivity index (χ1v) is 9.74. The number of nitrogens with one attached hydrogen (secondary N) is 2. The quantitative estimate of drug-likeness (QED) is 0.792. The van der Waals surface area contributed by atoms with E-state index in [4.69, 9.17) is 0 Å². The van der Waals surface area contributed by atoms with Gasteiger partial charge < -0.3 is 5.32 Å². The molecular weight excluding hydrogens is 336 g/mol. The van der Waals surface area contributed by atoms with Gasteiger partial charge in [-0.3, -0.25) is 4.79 Å². The van der Waals surface area contributed by atoms with Crippen LogP contribution in [0.1, 0.15) is 36.2 Å². The molecule has 0 radical (unpaired) electrons. The van der Waals surface area contributed by atoms with Gasteiger partial charge in [0.05, 0.1) is 4.90 Å². The Morgan fingerprint density at radius 3 is 2.48 bits per heavy atom. The van der Waals surface area contributed by atoms with Gasteiger partial charge >= 0.3 is 0 Å². The molecule has 2 aromatic carbocycles. The molecule has 0 saturated heterocycles. The first-order valence-electron chi connectivity index (χ1n) is 8.25. The number of hydrogen-bond acceptors (Lipinski definition) is 3. The van der Waals surface area contributed by atoms with Crippen molar-refractivity contribution in [2.24, 2.45) is 5.92 Å². The number of benzene rings is 2. The van der Waals surface area contributed by atoms with E-state index in [1.54, 1.807) is 18.2 Å². The van der Waals surface area contributed by atoms with E-state index in [2.05, 4.69) is 10.0 Å². The molecule has 2 aromatic rings. The number of aryl methyl sites for hydroxylation is 1. The Morgan fingerprint density at radius 2 is 1.80 bits per heavy atom. The smallest absolute Gasteiger partial charge is 0.255 e. The molecule has 1 amide bonds. The van der Waals surface area contributed by atoms with Crippen molar-refractivity contribution in [3.63, 3.8) is 0 Å². The maximum Gasteiger partial charge on any atom is 0.255 e. The van der Waals surface area contributed by atoms with Crippen LogP contribution >= 0.6 is 0 Å². The second-order valence-corrected chi connectivity index (χ2v) is 8.20. The van der Waals surface area contributed by atoms with E-state index in [-0.39, 0.29) is 10.8 Å². The fourth-order valence-corrected chi connectivity index (χ4v) is 3.39. The van der Waals surface area contributed by atoms with Crippen molar-refractivity contribution >= 4 is 21.6 Å². The average Bonchev–Trinajstić information content (AvgIpc) is 2.54. The van der Waals surface area contributed by atoms with E-state index in [1.165, 1.54) is 12.1 Å². The SMILES string of the molecule is Cc1cccc(NC(=O)c2cccc(S(=O)(=O)NCCC(C)C)c2)c1. The van der Waals surface area contributed by atoms with Crippen molar-refractivity contribution in [1.29, 1.82) is 0 Å². The van der Waals surface area contributed by atoms with Gasteiger partial charge in [-0.15, -0.1) is 0 Å². The third-order valence-electron chi connectivity index (χ3n) is 3.70. The summed E-state index contributed by atoms with van der Waals surface area (Å²) in [5.74, 6) is 0.0685. The first kappa shape index (κ1) is 19.1. The second-order valence-electron chi connectivity index (χ2n) is 6.43. The maximum absolute atomic E-state index is 12.4. The van der Waals surface area contributed by atoms with Crippen LogP contribution in [0.15, 0.2) is 53.4 Å². The summed E-state index contributed by atoms with van der Waals surface area (Å²) in [5.41, 5.74) is 2.00. The number of rotatable bonds is 7. The van der Waals surface area contributed by atoms with Gasteiger partial charge in [-0.05, 0) is 55.2 Å². The van der Waals surface area contributed by atoms with Crippen LogP contribution in [0.2, 0.25) is 0 Å². The van der Waals surface area contributed by atoms with E-state index >= 15 is 0 Å². The minimum absolute atomic E-state index is 0.0909. The van der Waals surface area contributed by atoms with E-state index in [0.717, 1.165) is 12.0 Å². The van der Waals surface area contributed by atoms with Gasteiger partial charge in [0.25, 0.3) is 5.91 Å². The van der Waals surface area contributed by atoms with Crippen LogP contribution in [-0.4, -0.2) is 20.9 Å². The number of anilines is 1. The molecule has 25 heavy (non-hydrogen) atoms. The lowest BCUT2D eigenvalue weighted by Crippen LogP contribution is -2.26. The molecule has 0 aliphatic rings. The molecule has 2 rings (SSSR count). The van der Waals surface area contributed by atoms with Crippen molar-refractivity contribution in [2.75, 3.05) is 11.9 Å². The fraction of sp³-hybridized carbons (Fsp3) is 0.316. The van der Waals surface area contributed by atoms with Gasteiger partial charge in [-0.2, -0.15) is 0 Å². The zero-order valence-corrected chi connectivity index (χ0v) is 15.6. The summed E-state index contributed by atoms with van der Waals surface area (Å²) in [4.78, 5) is 12.5. The van der Waals surface area contributed by atoms with Crippen molar-refractivity contribution in [3.05, 3.63) is 59.7 Å². The molecule has 0 spiro atoms. The first-order chi connectivity index (χ1) is 11.8. The average molecular weight is 360 g/mol. The molecule has 0 atom stereocenters. The summed E-state index contributed by atoms with van der Waals surface area (Å²) in [6.07, 6.45) is 0.757. The molecule has 0 saturated carbocycles. The summed E-state index contributed by atoms with van der Waals surface area (Å²) in [7, 11) is -3.62. The molecule has 0 aliphatic heterocycles. The summed E-state index contributed by atoms with van der Waals surface area (Å²) in [6.45, 7) is 6.38. The van der Waals surface area contributed by atoms with Gasteiger partial charge in [0.15, 0.2) is 0 Å². The Labute approximate surface area is 149 Å². The Bertz CT molecular complexity index is 845. The molecular formula is C19H24N2O3S. The number of carbonyl (C=O) groups is 1. The largest absolute Gasteiger partial charge is 0.322 e. The number of amides is 1. The molecule has 5 nitrogen and oxygen atoms in total. The molecule has 0 unspecified atom stereocenters. The maximum atomic E-state index is 12.4. The molecule has 0 aromatic heterocycles. The summed E-state index contributed by atoms with van der Waals surface area (Å²) in [5, 5.41) is 2.78. The topological polar surface area (TPSA) is 75.3 Å². The summed E-state index contributed by atoms with van der Waals surface area (Å²) < 4.78 is 27.3. The summed E-state index contributed by atoms with van der Waals surface area (Å²) in [6, 6.07) is 13.5. The van der Waals surface area contributed by atoms with Crippen molar-refractivity contribution in [3.8, 4) is 0 Å². The van der Waals surface area contributed by atoms with E-state index in [0.29, 0.717) is 23.7 Å². The Kier molecular flexibility index (Phi) is 6.33. The van der Waals surface area contributed by atoms with Gasteiger partial charge in [0.1, 0.15) is 0 Å². The molecule has 6 heteroatoms. The third-order valence-corrected chi connectivity index (χ3v) is 5.15. The number of sulfonamides is 1. The Hall–Kier alpha value is -2.18. The number of carbonyl (C=O) groups excluding carboxylic acids is 1. The number of hydrogen-bond donors (Lipinski definition) is 2. The minimum Gasteiger partial charge on any atom is -0.322 e. The lowest BCUT2D eigenvalue weighted by molar-refractivity contribution is 0.102. The van der Waals surface area contributed by atoms with Gasteiger partial charge in [0.2, 0.25) is 10.0 Å². The van der Waals surface area contributed by atoms with Gasteiger partial charge in [-0.25, -0.2) is 13.1 Å². The zero-order chi connectivity index (χ0) is 18.4. The summed E-state index contributed by atoms with van der Waals surface area (Å²) >= 11 is 0. The van der Waals surface area contributed by atoms with E-state index < -0.39 is 10.0 Å². The molecule has 0 bridgehead atoms. The highest BCUT2D eigenvalue weighted by molar-refractivity contribution is 7.89. The fourth-order valence-electron chi connectivity index (χ4n) is 2.30. The predicted molar refractivity (Wildman–Crippen MR) is 100 cm³/mol. The van der Waals surface area contributed by atoms with Crippen LogP contribution < -0.4 is 10.0 Å². The monoisotopic (exact) mass is 360 g/mol. The van der Waals surface area contributed by atoms with Gasteiger partial charge in [-0.1, -0.05) is 32.0 Å². The lowest BCUT2D eigenvalue weighted by Gasteiger charge is -2.10. The Balaban J connectivity index is 2.13. The van der Waals surface area contributed by atoms with Crippen molar-refractivity contribution < 1.29 is 13.2 Å². The molecule has 134 valence electrons. The normalized spacial score (nSPS) is 11.5. The minimum atomic E-state index is -3.62. The van der Waals surface area contributed by atoms with Crippen LogP contribution in [-0.2, 0) is 10.0 Å². The van der Waals surface area contributed by atoms with Crippen LogP contribution in [0.5, 0.6) is 0 Å². The van der Waals surface area contributed by atoms with Crippen molar-refractivity contribution in [1.82, 2.24) is 4.72 Å². The zero-order valence-electron chi connectivity index (χ0n) is 14.7. The lowest BCUT2D eigenvalue weighted by atomic mass is 10.1. The van der Waals surface area contributed by atoms with Crippen LogP contribution in [0, 0.1) is 12.8 Å². The highest BCUT2D eigenvalue weighted by atomic mass is 32.2. The highest BCUT2D eigenvalue weighted by Crippen LogP contribution is 2.15. The second kappa shape index (κ2) is 8.27. The molecule has 0 fully saturated rings. The van der Waals surface area contributed by atoms with Crippen LogP contribution in [0.3, 0.4) is 0 Å². The highest BCUT2D eigenvalue weighted by Gasteiger charge is 2.16. The standard InChI is InChI=1S/C19H24N2O3S/c1-14(2)10-11-20-25(23,24)18-9-5-7-16(13-18)19(22)21-17-8-4-6-15(3)12-17/h4-9,12-14,20H,10-11H2,1-3H3,(H,21,22). The predicted octanol–water partition coefficient (Wildman–Crippen LogP) is 3.57. The Morgan fingerprint density at radius 1 is 1.08 bits per heavy atom. The molecule has 0 heterocycles.